The van der Waals surface area contributed by atoms with E-state index >= 15 is 0 Å². The molecule has 0 aromatic heterocycles. The van der Waals surface area contributed by atoms with Gasteiger partial charge in [0.25, 0.3) is 0 Å². The number of halogens is 1. The zero-order valence-electron chi connectivity index (χ0n) is 12.8. The summed E-state index contributed by atoms with van der Waals surface area (Å²) >= 11 is 3.45. The predicted octanol–water partition coefficient (Wildman–Crippen LogP) is 3.79. The average molecular weight is 377 g/mol. The summed E-state index contributed by atoms with van der Waals surface area (Å²) in [6.07, 6.45) is 1.39. The average Bonchev–Trinajstić information content (AvgIpc) is 2.97. The number of aldehydes is 1. The molecule has 0 saturated carbocycles. The molecule has 2 aromatic rings. The molecule has 0 spiro atoms. The van der Waals surface area contributed by atoms with Crippen LogP contribution in [0.1, 0.15) is 21.5 Å². The van der Waals surface area contributed by atoms with E-state index in [1.54, 1.807) is 13.2 Å². The first-order chi connectivity index (χ1) is 11.2. The van der Waals surface area contributed by atoms with Crippen molar-refractivity contribution in [2.45, 2.75) is 19.1 Å². The van der Waals surface area contributed by atoms with Crippen LogP contribution in [0.3, 0.4) is 0 Å². The summed E-state index contributed by atoms with van der Waals surface area (Å²) in [4.78, 5) is 11.4. The highest BCUT2D eigenvalue weighted by molar-refractivity contribution is 9.10. The maximum atomic E-state index is 11.4. The number of carbonyl (C=O) groups is 1. The molecule has 0 bridgehead atoms. The molecule has 1 unspecified atom stereocenters. The van der Waals surface area contributed by atoms with Gasteiger partial charge in [-0.15, -0.1) is 0 Å². The van der Waals surface area contributed by atoms with E-state index in [1.165, 1.54) is 0 Å². The van der Waals surface area contributed by atoms with Crippen molar-refractivity contribution >= 4 is 22.2 Å². The summed E-state index contributed by atoms with van der Waals surface area (Å²) in [6.45, 7) is 0.918. The smallest absolute Gasteiger partial charge is 0.165 e. The van der Waals surface area contributed by atoms with E-state index < -0.39 is 0 Å². The molecule has 2 aromatic carbocycles. The Kier molecular flexibility index (Phi) is 4.98. The van der Waals surface area contributed by atoms with Gasteiger partial charge in [0.05, 0.1) is 6.61 Å². The number of rotatable bonds is 6. The van der Waals surface area contributed by atoms with Crippen molar-refractivity contribution in [3.05, 3.63) is 57.6 Å². The molecule has 1 heterocycles. The second-order valence-electron chi connectivity index (χ2n) is 5.37. The summed E-state index contributed by atoms with van der Waals surface area (Å²) in [5.41, 5.74) is 2.56. The molecule has 1 aliphatic rings. The topological polar surface area (TPSA) is 44.8 Å². The van der Waals surface area contributed by atoms with Crippen molar-refractivity contribution in [3.8, 4) is 11.5 Å². The molecular weight excluding hydrogens is 360 g/mol. The summed E-state index contributed by atoms with van der Waals surface area (Å²) in [5.74, 6) is 1.29. The Balaban J connectivity index is 1.88. The monoisotopic (exact) mass is 376 g/mol. The Bertz CT molecular complexity index is 700. The minimum atomic E-state index is -0.0953. The van der Waals surface area contributed by atoms with Gasteiger partial charge in [0.15, 0.2) is 17.8 Å². The molecule has 4 nitrogen and oxygen atoms in total. The minimum absolute atomic E-state index is 0.0953. The Hall–Kier alpha value is -1.85. The number of hydrogen-bond donors (Lipinski definition) is 0. The second-order valence-corrected chi connectivity index (χ2v) is 6.22. The van der Waals surface area contributed by atoms with Gasteiger partial charge in [0, 0.05) is 29.1 Å². The van der Waals surface area contributed by atoms with Crippen molar-refractivity contribution < 1.29 is 19.0 Å². The molecule has 120 valence electrons. The highest BCUT2D eigenvalue weighted by atomic mass is 79.9. The van der Waals surface area contributed by atoms with Gasteiger partial charge >= 0.3 is 0 Å². The Morgan fingerprint density at radius 1 is 1.35 bits per heavy atom. The fourth-order valence-corrected chi connectivity index (χ4v) is 3.23. The highest BCUT2D eigenvalue weighted by Crippen LogP contribution is 2.43. The number of hydrogen-bond acceptors (Lipinski definition) is 4. The van der Waals surface area contributed by atoms with E-state index in [0.717, 1.165) is 21.9 Å². The van der Waals surface area contributed by atoms with Gasteiger partial charge in [-0.3, -0.25) is 4.79 Å². The summed E-state index contributed by atoms with van der Waals surface area (Å²) in [5, 5.41) is 0. The van der Waals surface area contributed by atoms with Gasteiger partial charge in [0.1, 0.15) is 12.7 Å². The Morgan fingerprint density at radius 3 is 2.83 bits per heavy atom. The van der Waals surface area contributed by atoms with E-state index in [-0.39, 0.29) is 6.10 Å². The normalized spacial score (nSPS) is 15.8. The van der Waals surface area contributed by atoms with E-state index in [9.17, 15) is 4.79 Å². The first-order valence-corrected chi connectivity index (χ1v) is 8.15. The second kappa shape index (κ2) is 7.15. The predicted molar refractivity (Wildman–Crippen MR) is 90.3 cm³/mol. The molecule has 1 atom stereocenters. The summed E-state index contributed by atoms with van der Waals surface area (Å²) < 4.78 is 17.7. The van der Waals surface area contributed by atoms with Crippen LogP contribution in [-0.4, -0.2) is 26.1 Å². The van der Waals surface area contributed by atoms with Gasteiger partial charge < -0.3 is 14.2 Å². The number of methoxy groups -OCH3 is 1. The van der Waals surface area contributed by atoms with E-state index in [1.807, 2.05) is 30.3 Å². The largest absolute Gasteiger partial charge is 0.485 e. The molecule has 23 heavy (non-hydrogen) atoms. The minimum Gasteiger partial charge on any atom is -0.485 e. The van der Waals surface area contributed by atoms with Crippen molar-refractivity contribution in [1.29, 1.82) is 0 Å². The molecule has 0 amide bonds. The van der Waals surface area contributed by atoms with Gasteiger partial charge in [-0.1, -0.05) is 30.3 Å². The Labute approximate surface area is 143 Å². The van der Waals surface area contributed by atoms with Gasteiger partial charge in [-0.25, -0.2) is 0 Å². The van der Waals surface area contributed by atoms with Crippen LogP contribution in [0, 0.1) is 0 Å². The van der Waals surface area contributed by atoms with Crippen LogP contribution >= 0.6 is 15.9 Å². The van der Waals surface area contributed by atoms with Crippen LogP contribution in [0.5, 0.6) is 11.5 Å². The first kappa shape index (κ1) is 16.0. The lowest BCUT2D eigenvalue weighted by Crippen LogP contribution is -2.19. The fourth-order valence-electron chi connectivity index (χ4n) is 2.69. The fraction of sp³-hybridized carbons (Fsp3) is 0.278. The van der Waals surface area contributed by atoms with Crippen LogP contribution in [-0.2, 0) is 17.8 Å². The highest BCUT2D eigenvalue weighted by Gasteiger charge is 2.30. The van der Waals surface area contributed by atoms with Crippen LogP contribution < -0.4 is 9.47 Å². The molecule has 3 rings (SSSR count). The molecule has 0 aliphatic carbocycles. The summed E-state index contributed by atoms with van der Waals surface area (Å²) in [7, 11) is 1.63. The van der Waals surface area contributed by atoms with Gasteiger partial charge in [-0.05, 0) is 27.6 Å². The van der Waals surface area contributed by atoms with Crippen molar-refractivity contribution in [3.63, 3.8) is 0 Å². The lowest BCUT2D eigenvalue weighted by molar-refractivity contribution is 0.0927. The van der Waals surface area contributed by atoms with Gasteiger partial charge in [0.2, 0.25) is 0 Å². The molecule has 0 radical (unpaired) electrons. The third-order valence-corrected chi connectivity index (χ3v) is 4.42. The zero-order valence-corrected chi connectivity index (χ0v) is 14.3. The lowest BCUT2D eigenvalue weighted by Gasteiger charge is -2.14. The van der Waals surface area contributed by atoms with Crippen molar-refractivity contribution in [2.24, 2.45) is 0 Å². The molecular formula is C18H17BrO4. The lowest BCUT2D eigenvalue weighted by atomic mass is 10.0. The molecule has 0 fully saturated rings. The van der Waals surface area contributed by atoms with Crippen molar-refractivity contribution in [2.75, 3.05) is 13.7 Å². The first-order valence-electron chi connectivity index (χ1n) is 7.35. The van der Waals surface area contributed by atoms with Crippen LogP contribution in [0.15, 0.2) is 40.9 Å². The number of benzene rings is 2. The van der Waals surface area contributed by atoms with Crippen molar-refractivity contribution in [1.82, 2.24) is 0 Å². The Morgan fingerprint density at radius 2 is 2.13 bits per heavy atom. The molecule has 5 heteroatoms. The van der Waals surface area contributed by atoms with E-state index in [0.29, 0.717) is 36.7 Å². The maximum absolute atomic E-state index is 11.4. The number of carbonyl (C=O) groups excluding carboxylic acids is 1. The SMILES string of the molecule is COCC1Cc2c(C=O)c(Br)cc(OCc3ccccc3)c2O1. The third-order valence-electron chi connectivity index (χ3n) is 3.76. The van der Waals surface area contributed by atoms with E-state index in [4.69, 9.17) is 14.2 Å². The van der Waals surface area contributed by atoms with Gasteiger partial charge in [-0.2, -0.15) is 0 Å². The standard InChI is InChI=1S/C18H17BrO4/c1-21-11-13-7-14-15(9-20)16(19)8-17(18(14)23-13)22-10-12-5-3-2-4-6-12/h2-6,8-9,13H,7,10-11H2,1H3. The molecule has 0 N–H and O–H groups in total. The van der Waals surface area contributed by atoms with Crippen LogP contribution in [0.2, 0.25) is 0 Å². The van der Waals surface area contributed by atoms with Crippen LogP contribution in [0.4, 0.5) is 0 Å². The summed E-state index contributed by atoms with van der Waals surface area (Å²) in [6, 6.07) is 11.7. The number of ether oxygens (including phenoxy) is 3. The molecule has 0 saturated heterocycles. The quantitative estimate of drug-likeness (QED) is 0.719. The maximum Gasteiger partial charge on any atom is 0.165 e. The molecule has 1 aliphatic heterocycles. The zero-order chi connectivity index (χ0) is 16.2. The third kappa shape index (κ3) is 3.41. The van der Waals surface area contributed by atoms with Crippen LogP contribution in [0.25, 0.3) is 0 Å². The number of fused-ring (bicyclic) bond motifs is 1. The van der Waals surface area contributed by atoms with E-state index in [2.05, 4.69) is 15.9 Å².